The quantitative estimate of drug-likeness (QED) is 0.748. The van der Waals surface area contributed by atoms with E-state index in [1.54, 1.807) is 0 Å². The summed E-state index contributed by atoms with van der Waals surface area (Å²) in [5.74, 6) is -0.589. The van der Waals surface area contributed by atoms with Gasteiger partial charge in [0.25, 0.3) is 0 Å². The van der Waals surface area contributed by atoms with Gasteiger partial charge in [-0.2, -0.15) is 0 Å². The van der Waals surface area contributed by atoms with Crippen molar-refractivity contribution in [3.05, 3.63) is 11.3 Å². The van der Waals surface area contributed by atoms with Crippen molar-refractivity contribution in [3.63, 3.8) is 0 Å². The van der Waals surface area contributed by atoms with Crippen molar-refractivity contribution in [1.29, 1.82) is 0 Å². The zero-order valence-electron chi connectivity index (χ0n) is 12.1. The predicted octanol–water partition coefficient (Wildman–Crippen LogP) is 2.31. The Bertz CT molecular complexity index is 449. The number of methoxy groups -OCH3 is 1. The van der Waals surface area contributed by atoms with Gasteiger partial charge in [0.2, 0.25) is 0 Å². The van der Waals surface area contributed by atoms with Crippen LogP contribution in [0.25, 0.3) is 0 Å². The summed E-state index contributed by atoms with van der Waals surface area (Å²) in [7, 11) is 1.34. The fourth-order valence-corrected chi connectivity index (χ4v) is 4.17. The van der Waals surface area contributed by atoms with E-state index >= 15 is 0 Å². The largest absolute Gasteiger partial charge is 0.512 e. The van der Waals surface area contributed by atoms with Crippen molar-refractivity contribution in [3.8, 4) is 0 Å². The molecule has 1 saturated heterocycles. The Hall–Kier alpha value is -1.07. The van der Waals surface area contributed by atoms with Crippen LogP contribution in [0.2, 0.25) is 0 Å². The molecule has 1 N–H and O–H groups in total. The highest BCUT2D eigenvalue weighted by Crippen LogP contribution is 2.59. The Kier molecular flexibility index (Phi) is 3.29. The maximum Gasteiger partial charge on any atom is 0.337 e. The van der Waals surface area contributed by atoms with Crippen molar-refractivity contribution in [2.45, 2.75) is 44.8 Å². The van der Waals surface area contributed by atoms with E-state index in [-0.39, 0.29) is 17.1 Å². The van der Waals surface area contributed by atoms with Crippen molar-refractivity contribution in [2.24, 2.45) is 11.3 Å². The summed E-state index contributed by atoms with van der Waals surface area (Å²) in [6.07, 6.45) is 3.88. The zero-order chi connectivity index (χ0) is 14.4. The maximum absolute atomic E-state index is 11.9. The highest BCUT2D eigenvalue weighted by Gasteiger charge is 2.60. The molecular weight excluding hydrogens is 260 g/mol. The minimum absolute atomic E-state index is 0.175. The van der Waals surface area contributed by atoms with Crippen LogP contribution in [0.15, 0.2) is 11.3 Å². The van der Waals surface area contributed by atoms with Gasteiger partial charge in [-0.1, -0.05) is 6.92 Å². The van der Waals surface area contributed by atoms with Crippen molar-refractivity contribution in [2.75, 3.05) is 20.3 Å². The summed E-state index contributed by atoms with van der Waals surface area (Å²) >= 11 is 0. The first-order valence-corrected chi connectivity index (χ1v) is 7.30. The summed E-state index contributed by atoms with van der Waals surface area (Å²) < 4.78 is 16.7. The highest BCUT2D eigenvalue weighted by atomic mass is 16.7. The number of esters is 1. The summed E-state index contributed by atoms with van der Waals surface area (Å²) in [4.78, 5) is 11.9. The first-order valence-electron chi connectivity index (χ1n) is 7.30. The van der Waals surface area contributed by atoms with Crippen LogP contribution in [0, 0.1) is 11.3 Å². The fourth-order valence-electron chi connectivity index (χ4n) is 4.17. The number of rotatable bonds is 1. The second kappa shape index (κ2) is 4.74. The van der Waals surface area contributed by atoms with E-state index in [1.165, 1.54) is 7.11 Å². The number of allylic oxidation sites excluding steroid dienone is 1. The van der Waals surface area contributed by atoms with Gasteiger partial charge in [0, 0.05) is 18.3 Å². The van der Waals surface area contributed by atoms with Crippen LogP contribution in [0.1, 0.15) is 39.0 Å². The van der Waals surface area contributed by atoms with E-state index < -0.39 is 11.8 Å². The predicted molar refractivity (Wildman–Crippen MR) is 71.0 cm³/mol. The van der Waals surface area contributed by atoms with Crippen LogP contribution in [0.4, 0.5) is 0 Å². The molecule has 0 bridgehead atoms. The number of carbonyl (C=O) groups excluding carboxylic acids is 1. The molecule has 5 nitrogen and oxygen atoms in total. The third-order valence-corrected chi connectivity index (χ3v) is 5.35. The Morgan fingerprint density at radius 2 is 2.10 bits per heavy atom. The molecule has 2 atom stereocenters. The standard InChI is InChI=1S/C15H22O5/c1-14-9-11(13(17)18-2)12(16)8-10(14)4-3-5-15(14)19-6-7-20-15/h10,16H,3-9H2,1-2H3. The molecule has 5 heteroatoms. The first-order chi connectivity index (χ1) is 9.52. The zero-order valence-corrected chi connectivity index (χ0v) is 12.1. The first kappa shape index (κ1) is 13.9. The SMILES string of the molecule is COC(=O)C1=C(O)CC2CCCC3(OCCO3)C2(C)C1. The molecule has 2 aliphatic carbocycles. The minimum atomic E-state index is -0.601. The second-order valence-electron chi connectivity index (χ2n) is 6.25. The Labute approximate surface area is 118 Å². The lowest BCUT2D eigenvalue weighted by Gasteiger charge is -2.54. The molecule has 1 spiro atoms. The minimum Gasteiger partial charge on any atom is -0.512 e. The maximum atomic E-state index is 11.9. The molecule has 20 heavy (non-hydrogen) atoms. The van der Waals surface area contributed by atoms with E-state index in [4.69, 9.17) is 14.2 Å². The Morgan fingerprint density at radius 3 is 2.75 bits per heavy atom. The summed E-state index contributed by atoms with van der Waals surface area (Å²) in [6.45, 7) is 3.33. The van der Waals surface area contributed by atoms with Gasteiger partial charge in [-0.15, -0.1) is 0 Å². The molecule has 3 rings (SSSR count). The van der Waals surface area contributed by atoms with Gasteiger partial charge in [-0.25, -0.2) is 4.79 Å². The lowest BCUT2D eigenvalue weighted by atomic mass is 9.57. The average Bonchev–Trinajstić information content (AvgIpc) is 2.90. The topological polar surface area (TPSA) is 65.0 Å². The molecule has 0 aromatic rings. The van der Waals surface area contributed by atoms with E-state index in [9.17, 15) is 9.90 Å². The number of hydrogen-bond donors (Lipinski definition) is 1. The molecule has 2 unspecified atom stereocenters. The van der Waals surface area contributed by atoms with Gasteiger partial charge < -0.3 is 19.3 Å². The number of aliphatic hydroxyl groups excluding tert-OH is 1. The fraction of sp³-hybridized carbons (Fsp3) is 0.800. The monoisotopic (exact) mass is 282 g/mol. The Morgan fingerprint density at radius 1 is 1.40 bits per heavy atom. The molecule has 0 aromatic heterocycles. The molecule has 112 valence electrons. The molecule has 2 fully saturated rings. The summed E-state index contributed by atoms with van der Waals surface area (Å²) in [6, 6.07) is 0. The lowest BCUT2D eigenvalue weighted by molar-refractivity contribution is -0.270. The summed E-state index contributed by atoms with van der Waals surface area (Å²) in [5.41, 5.74) is 0.101. The number of carbonyl (C=O) groups is 1. The van der Waals surface area contributed by atoms with Crippen LogP contribution in [0.5, 0.6) is 0 Å². The van der Waals surface area contributed by atoms with Crippen molar-refractivity contribution >= 4 is 5.97 Å². The molecule has 1 heterocycles. The average molecular weight is 282 g/mol. The smallest absolute Gasteiger partial charge is 0.337 e. The van der Waals surface area contributed by atoms with Gasteiger partial charge in [-0.3, -0.25) is 0 Å². The molecule has 0 radical (unpaired) electrons. The van der Waals surface area contributed by atoms with Gasteiger partial charge in [0.15, 0.2) is 5.79 Å². The van der Waals surface area contributed by atoms with Crippen LogP contribution in [0.3, 0.4) is 0 Å². The molecule has 0 amide bonds. The number of fused-ring (bicyclic) bond motifs is 2. The molecular formula is C15H22O5. The number of aliphatic hydroxyl groups is 1. The highest BCUT2D eigenvalue weighted by molar-refractivity contribution is 5.89. The normalized spacial score (nSPS) is 36.0. The molecule has 0 aromatic carbocycles. The number of hydrogen-bond acceptors (Lipinski definition) is 5. The van der Waals surface area contributed by atoms with Gasteiger partial charge in [0.1, 0.15) is 5.76 Å². The van der Waals surface area contributed by atoms with Crippen LogP contribution >= 0.6 is 0 Å². The van der Waals surface area contributed by atoms with E-state index in [2.05, 4.69) is 6.92 Å². The van der Waals surface area contributed by atoms with Gasteiger partial charge in [0.05, 0.1) is 25.9 Å². The van der Waals surface area contributed by atoms with E-state index in [0.29, 0.717) is 31.6 Å². The van der Waals surface area contributed by atoms with Crippen LogP contribution in [-0.2, 0) is 19.0 Å². The van der Waals surface area contributed by atoms with Gasteiger partial charge >= 0.3 is 5.97 Å². The molecule has 1 aliphatic heterocycles. The Balaban J connectivity index is 1.98. The second-order valence-corrected chi connectivity index (χ2v) is 6.25. The molecule has 1 saturated carbocycles. The van der Waals surface area contributed by atoms with Gasteiger partial charge in [-0.05, 0) is 25.2 Å². The van der Waals surface area contributed by atoms with Crippen LogP contribution in [-0.4, -0.2) is 37.2 Å². The number of ether oxygens (including phenoxy) is 3. The van der Waals surface area contributed by atoms with Crippen molar-refractivity contribution in [1.82, 2.24) is 0 Å². The summed E-state index contributed by atoms with van der Waals surface area (Å²) in [5, 5.41) is 10.2. The third-order valence-electron chi connectivity index (χ3n) is 5.35. The van der Waals surface area contributed by atoms with E-state index in [1.807, 2.05) is 0 Å². The third kappa shape index (κ3) is 1.79. The van der Waals surface area contributed by atoms with Crippen molar-refractivity contribution < 1.29 is 24.1 Å². The van der Waals surface area contributed by atoms with Crippen LogP contribution < -0.4 is 0 Å². The van der Waals surface area contributed by atoms with E-state index in [0.717, 1.165) is 19.3 Å². The molecule has 3 aliphatic rings. The lowest BCUT2D eigenvalue weighted by Crippen LogP contribution is -2.56.